The third-order valence-electron chi connectivity index (χ3n) is 7.47. The molecule has 45 heavy (non-hydrogen) atoms. The summed E-state index contributed by atoms with van der Waals surface area (Å²) in [4.78, 5) is 4.89. The largest absolute Gasteiger partial charge is 0.489 e. The molecule has 1 unspecified atom stereocenters. The molecule has 0 bridgehead atoms. The molecule has 226 valence electrons. The minimum Gasteiger partial charge on any atom is -0.489 e. The molecule has 0 aliphatic carbocycles. The van der Waals surface area contributed by atoms with Crippen LogP contribution in [0.2, 0.25) is 0 Å². The Morgan fingerprint density at radius 3 is 2.64 bits per heavy atom. The molecule has 10 nitrogen and oxygen atoms in total. The van der Waals surface area contributed by atoms with Crippen molar-refractivity contribution in [1.29, 1.82) is 0 Å². The number of thioether (sulfide) groups is 1. The maximum atomic E-state index is 13.0. The Hall–Kier alpha value is -4.78. The van der Waals surface area contributed by atoms with E-state index in [-0.39, 0.29) is 16.7 Å². The van der Waals surface area contributed by atoms with Crippen LogP contribution in [0.4, 0.5) is 0 Å². The molecule has 6 aromatic rings. The predicted octanol–water partition coefficient (Wildman–Crippen LogP) is 5.69. The summed E-state index contributed by atoms with van der Waals surface area (Å²) in [6.45, 7) is 1.03. The van der Waals surface area contributed by atoms with Crippen molar-refractivity contribution in [2.24, 2.45) is 0 Å². The molecule has 4 aromatic carbocycles. The zero-order valence-electron chi connectivity index (χ0n) is 24.0. The van der Waals surface area contributed by atoms with Crippen LogP contribution in [-0.2, 0) is 23.2 Å². The summed E-state index contributed by atoms with van der Waals surface area (Å²) in [5.41, 5.74) is 5.65. The fourth-order valence-corrected chi connectivity index (χ4v) is 7.62. The first-order chi connectivity index (χ1) is 22.0. The molecule has 2 aromatic heterocycles. The van der Waals surface area contributed by atoms with Crippen molar-refractivity contribution in [2.45, 2.75) is 23.4 Å². The quantitative estimate of drug-likeness (QED) is 0.182. The maximum Gasteiger partial charge on any atom is 0.240 e. The number of sulfonamides is 1. The van der Waals surface area contributed by atoms with Gasteiger partial charge in [-0.1, -0.05) is 48.5 Å². The summed E-state index contributed by atoms with van der Waals surface area (Å²) in [7, 11) is -3.71. The Labute approximate surface area is 264 Å². The van der Waals surface area contributed by atoms with Crippen molar-refractivity contribution in [3.63, 3.8) is 0 Å². The topological polar surface area (TPSA) is 132 Å². The van der Waals surface area contributed by atoms with Crippen molar-refractivity contribution in [1.82, 2.24) is 30.3 Å². The van der Waals surface area contributed by atoms with Gasteiger partial charge in [0.1, 0.15) is 24.7 Å². The SMILES string of the molecule is O=S(=O)(NCCSC1c2ccccc2COc2ccc(OCc3ccc4ccccc4n3)cc21)c1ccc(-c2nn[nH]n2)cc1. The molecule has 0 saturated heterocycles. The maximum absolute atomic E-state index is 13.0. The summed E-state index contributed by atoms with van der Waals surface area (Å²) in [6.07, 6.45) is 0. The van der Waals surface area contributed by atoms with Crippen molar-refractivity contribution in [3.8, 4) is 22.9 Å². The number of benzene rings is 4. The molecule has 7 rings (SSSR count). The molecule has 2 N–H and O–H groups in total. The number of fused-ring (bicyclic) bond motifs is 3. The van der Waals surface area contributed by atoms with Crippen LogP contribution in [0.3, 0.4) is 0 Å². The van der Waals surface area contributed by atoms with Gasteiger partial charge >= 0.3 is 0 Å². The Kier molecular flexibility index (Phi) is 8.16. The fraction of sp³-hybridized carbons (Fsp3) is 0.152. The van der Waals surface area contributed by atoms with E-state index in [1.165, 1.54) is 12.1 Å². The third kappa shape index (κ3) is 6.39. The first-order valence-corrected chi connectivity index (χ1v) is 16.8. The van der Waals surface area contributed by atoms with Crippen molar-refractivity contribution in [3.05, 3.63) is 126 Å². The number of aromatic amines is 1. The second-order valence-electron chi connectivity index (χ2n) is 10.4. The van der Waals surface area contributed by atoms with E-state index in [0.717, 1.165) is 39.0 Å². The second-order valence-corrected chi connectivity index (χ2v) is 13.4. The Morgan fingerprint density at radius 2 is 1.78 bits per heavy atom. The lowest BCUT2D eigenvalue weighted by atomic mass is 10.00. The molecule has 0 amide bonds. The smallest absolute Gasteiger partial charge is 0.240 e. The number of H-pyrrole nitrogens is 1. The first kappa shape index (κ1) is 29.0. The molecule has 1 aliphatic heterocycles. The number of nitrogens with zero attached hydrogens (tertiary/aromatic N) is 4. The highest BCUT2D eigenvalue weighted by molar-refractivity contribution is 7.99. The van der Waals surface area contributed by atoms with E-state index < -0.39 is 10.0 Å². The number of aromatic nitrogens is 5. The lowest BCUT2D eigenvalue weighted by Gasteiger charge is -2.20. The summed E-state index contributed by atoms with van der Waals surface area (Å²) in [5, 5.41) is 14.8. The molecule has 0 fully saturated rings. The third-order valence-corrected chi connectivity index (χ3v) is 10.2. The van der Waals surface area contributed by atoms with Gasteiger partial charge < -0.3 is 9.47 Å². The average Bonchev–Trinajstić information content (AvgIpc) is 3.57. The van der Waals surface area contributed by atoms with Gasteiger partial charge in [0.15, 0.2) is 0 Å². The standard InChI is InChI=1S/C33H28N6O4S2/c40-45(41,27-14-10-23(11-15-27)33-36-38-39-37-33)34-17-18-44-32-28-7-3-1-6-24(28)20-43-31-16-13-26(19-29(31)32)42-21-25-12-9-22-5-2-4-8-30(22)35-25/h1-16,19,32,34H,17-18,20-21H2,(H,36,37,38,39). The van der Waals surface area contributed by atoms with Gasteiger partial charge in [0.25, 0.3) is 0 Å². The van der Waals surface area contributed by atoms with E-state index in [1.54, 1.807) is 23.9 Å². The number of nitrogens with one attached hydrogen (secondary N) is 2. The van der Waals surface area contributed by atoms with Crippen LogP contribution in [0.15, 0.2) is 108 Å². The van der Waals surface area contributed by atoms with Crippen LogP contribution in [0, 0.1) is 0 Å². The summed E-state index contributed by atoms with van der Waals surface area (Å²) in [5.74, 6) is 2.42. The number of para-hydroxylation sites is 1. The van der Waals surface area contributed by atoms with Gasteiger partial charge in [-0.15, -0.1) is 22.0 Å². The van der Waals surface area contributed by atoms with E-state index in [0.29, 0.717) is 36.1 Å². The van der Waals surface area contributed by atoms with E-state index in [2.05, 4.69) is 43.5 Å². The zero-order chi connectivity index (χ0) is 30.6. The average molecular weight is 637 g/mol. The first-order valence-electron chi connectivity index (χ1n) is 14.3. The summed E-state index contributed by atoms with van der Waals surface area (Å²) >= 11 is 1.66. The van der Waals surface area contributed by atoms with Gasteiger partial charge in [-0.25, -0.2) is 18.1 Å². The molecule has 1 atom stereocenters. The molecule has 0 saturated carbocycles. The number of pyridine rings is 1. The number of ether oxygens (including phenoxy) is 2. The zero-order valence-corrected chi connectivity index (χ0v) is 25.6. The molecule has 0 radical (unpaired) electrons. The van der Waals surface area contributed by atoms with Gasteiger partial charge in [0.05, 0.1) is 21.4 Å². The Morgan fingerprint density at radius 1 is 0.933 bits per heavy atom. The van der Waals surface area contributed by atoms with Gasteiger partial charge in [-0.05, 0) is 70.9 Å². The minimum atomic E-state index is -3.71. The molecular weight excluding hydrogens is 609 g/mol. The molecule has 1 aliphatic rings. The van der Waals surface area contributed by atoms with E-state index in [9.17, 15) is 8.42 Å². The van der Waals surface area contributed by atoms with Crippen molar-refractivity contribution >= 4 is 32.7 Å². The van der Waals surface area contributed by atoms with Crippen LogP contribution in [0.5, 0.6) is 11.5 Å². The normalized spacial score (nSPS) is 14.3. The van der Waals surface area contributed by atoms with Crippen molar-refractivity contribution < 1.29 is 17.9 Å². The number of rotatable bonds is 10. The lowest BCUT2D eigenvalue weighted by molar-refractivity contribution is 0.295. The molecular formula is C33H28N6O4S2. The van der Waals surface area contributed by atoms with Crippen LogP contribution < -0.4 is 14.2 Å². The highest BCUT2D eigenvalue weighted by Crippen LogP contribution is 2.45. The van der Waals surface area contributed by atoms with E-state index >= 15 is 0 Å². The van der Waals surface area contributed by atoms with Gasteiger partial charge in [-0.3, -0.25) is 0 Å². The van der Waals surface area contributed by atoms with Gasteiger partial charge in [-0.2, -0.15) is 5.21 Å². The molecule has 3 heterocycles. The van der Waals surface area contributed by atoms with Crippen molar-refractivity contribution in [2.75, 3.05) is 12.3 Å². The number of hydrogen-bond acceptors (Lipinski definition) is 9. The van der Waals surface area contributed by atoms with Crippen LogP contribution in [-0.4, -0.2) is 46.3 Å². The predicted molar refractivity (Wildman–Crippen MR) is 172 cm³/mol. The Bertz CT molecular complexity index is 2050. The van der Waals surface area contributed by atoms with Gasteiger partial charge in [0.2, 0.25) is 15.8 Å². The van der Waals surface area contributed by atoms with E-state index in [1.807, 2.05) is 60.7 Å². The number of tetrazole rings is 1. The molecule has 12 heteroatoms. The highest BCUT2D eigenvalue weighted by Gasteiger charge is 2.26. The monoisotopic (exact) mass is 636 g/mol. The Balaban J connectivity index is 1.06. The fourth-order valence-electron chi connectivity index (χ4n) is 5.23. The van der Waals surface area contributed by atoms with Crippen LogP contribution in [0.1, 0.15) is 27.6 Å². The minimum absolute atomic E-state index is 0.0835. The summed E-state index contributed by atoms with van der Waals surface area (Å²) < 4.78 is 41.2. The number of hydrogen-bond donors (Lipinski definition) is 2. The second kappa shape index (κ2) is 12.7. The van der Waals surface area contributed by atoms with Crippen LogP contribution >= 0.6 is 11.8 Å². The molecule has 0 spiro atoms. The summed E-state index contributed by atoms with van der Waals surface area (Å²) in [6, 6.07) is 32.5. The van der Waals surface area contributed by atoms with Crippen LogP contribution in [0.25, 0.3) is 22.3 Å². The van der Waals surface area contributed by atoms with E-state index in [4.69, 9.17) is 14.5 Å². The lowest BCUT2D eigenvalue weighted by Crippen LogP contribution is -2.26. The van der Waals surface area contributed by atoms with Gasteiger partial charge in [0, 0.05) is 28.8 Å². The highest BCUT2D eigenvalue weighted by atomic mass is 32.2.